The van der Waals surface area contributed by atoms with Crippen molar-refractivity contribution < 1.29 is 14.4 Å². The Morgan fingerprint density at radius 2 is 2.10 bits per heavy atom. The van der Waals surface area contributed by atoms with E-state index in [4.69, 9.17) is 5.73 Å². The Kier molecular flexibility index (Phi) is 4.82. The van der Waals surface area contributed by atoms with Crippen LogP contribution in [0, 0.1) is 0 Å². The van der Waals surface area contributed by atoms with E-state index in [0.29, 0.717) is 5.69 Å². The number of imide groups is 1. The van der Waals surface area contributed by atoms with Crippen molar-refractivity contribution in [2.45, 2.75) is 32.0 Å². The molecule has 0 aliphatic heterocycles. The number of hydrogen-bond donors (Lipinski definition) is 4. The molecule has 1 aliphatic carbocycles. The van der Waals surface area contributed by atoms with Crippen molar-refractivity contribution >= 4 is 17.8 Å². The molecule has 0 saturated heterocycles. The van der Waals surface area contributed by atoms with Crippen LogP contribution in [0.5, 0.6) is 0 Å². The number of nitrogens with two attached hydrogens (primary N) is 1. The molecule has 0 bridgehead atoms. The summed E-state index contributed by atoms with van der Waals surface area (Å²) in [4.78, 5) is 33.9. The maximum Gasteiger partial charge on any atom is 0.321 e. The summed E-state index contributed by atoms with van der Waals surface area (Å²) in [5, 5.41) is 14.9. The number of rotatable bonds is 6. The monoisotopic (exact) mass is 295 g/mol. The first kappa shape index (κ1) is 14.9. The zero-order chi connectivity index (χ0) is 15.2. The van der Waals surface area contributed by atoms with Crippen LogP contribution >= 0.6 is 0 Å². The molecule has 4 amide bonds. The molecule has 1 fully saturated rings. The summed E-state index contributed by atoms with van der Waals surface area (Å²) in [7, 11) is 0. The van der Waals surface area contributed by atoms with E-state index in [9.17, 15) is 14.4 Å². The standard InChI is InChI=1S/C11H17N7O3/c12-3-9(19)13-4-8-5-18(17-16-8)6-10(20)15-11(21)14-7-1-2-7/h5,7H,1-4,6,12H2,(H,13,19)(H2,14,15,20,21). The van der Waals surface area contributed by atoms with Crippen LogP contribution in [0.1, 0.15) is 18.5 Å². The van der Waals surface area contributed by atoms with Crippen LogP contribution in [0.25, 0.3) is 0 Å². The van der Waals surface area contributed by atoms with Crippen molar-refractivity contribution in [3.8, 4) is 0 Å². The van der Waals surface area contributed by atoms with Gasteiger partial charge in [-0.2, -0.15) is 0 Å². The molecule has 1 heterocycles. The number of nitrogens with zero attached hydrogens (tertiary/aromatic N) is 3. The third-order valence-electron chi connectivity index (χ3n) is 2.71. The summed E-state index contributed by atoms with van der Waals surface area (Å²) in [5.41, 5.74) is 5.64. The van der Waals surface area contributed by atoms with Crippen LogP contribution in [-0.2, 0) is 22.7 Å². The average molecular weight is 295 g/mol. The lowest BCUT2D eigenvalue weighted by Gasteiger charge is -2.04. The fourth-order valence-corrected chi connectivity index (χ4v) is 1.52. The summed E-state index contributed by atoms with van der Waals surface area (Å²) in [6.07, 6.45) is 3.40. The highest BCUT2D eigenvalue weighted by Crippen LogP contribution is 2.18. The summed E-state index contributed by atoms with van der Waals surface area (Å²) >= 11 is 0. The third kappa shape index (κ3) is 5.18. The van der Waals surface area contributed by atoms with Gasteiger partial charge in [0.2, 0.25) is 11.8 Å². The molecule has 1 aromatic heterocycles. The average Bonchev–Trinajstić information content (AvgIpc) is 3.13. The second-order valence-corrected chi connectivity index (χ2v) is 4.68. The number of urea groups is 1. The maximum atomic E-state index is 11.6. The summed E-state index contributed by atoms with van der Waals surface area (Å²) in [6, 6.07) is -0.319. The molecule has 5 N–H and O–H groups in total. The van der Waals surface area contributed by atoms with E-state index in [-0.39, 0.29) is 31.6 Å². The Hall–Kier alpha value is -2.49. The molecule has 114 valence electrons. The Bertz CT molecular complexity index is 538. The summed E-state index contributed by atoms with van der Waals surface area (Å²) in [6.45, 7) is -0.0532. The number of nitrogens with one attached hydrogen (secondary N) is 3. The second-order valence-electron chi connectivity index (χ2n) is 4.68. The molecule has 0 radical (unpaired) electrons. The molecule has 10 nitrogen and oxygen atoms in total. The Morgan fingerprint density at radius 1 is 1.33 bits per heavy atom. The lowest BCUT2D eigenvalue weighted by atomic mass is 10.4. The number of carbonyl (C=O) groups is 3. The lowest BCUT2D eigenvalue weighted by Crippen LogP contribution is -2.41. The van der Waals surface area contributed by atoms with Crippen molar-refractivity contribution in [3.05, 3.63) is 11.9 Å². The molecule has 1 saturated carbocycles. The van der Waals surface area contributed by atoms with Crippen LogP contribution in [0.15, 0.2) is 6.20 Å². The van der Waals surface area contributed by atoms with Crippen molar-refractivity contribution in [1.82, 2.24) is 30.9 Å². The first-order valence-corrected chi connectivity index (χ1v) is 6.53. The Labute approximate surface area is 120 Å². The van der Waals surface area contributed by atoms with E-state index >= 15 is 0 Å². The van der Waals surface area contributed by atoms with E-state index < -0.39 is 11.9 Å². The predicted molar refractivity (Wildman–Crippen MR) is 70.6 cm³/mol. The van der Waals surface area contributed by atoms with Crippen molar-refractivity contribution in [3.63, 3.8) is 0 Å². The largest absolute Gasteiger partial charge is 0.349 e. The fourth-order valence-electron chi connectivity index (χ4n) is 1.52. The minimum atomic E-state index is -0.502. The van der Waals surface area contributed by atoms with Crippen LogP contribution in [0.2, 0.25) is 0 Å². The van der Waals surface area contributed by atoms with Gasteiger partial charge in [0.05, 0.1) is 19.3 Å². The van der Waals surface area contributed by atoms with Gasteiger partial charge in [0.25, 0.3) is 0 Å². The van der Waals surface area contributed by atoms with Gasteiger partial charge in [0.15, 0.2) is 0 Å². The third-order valence-corrected chi connectivity index (χ3v) is 2.71. The number of aromatic nitrogens is 3. The Morgan fingerprint density at radius 3 is 2.76 bits per heavy atom. The van der Waals surface area contributed by atoms with E-state index in [2.05, 4.69) is 26.3 Å². The van der Waals surface area contributed by atoms with Crippen molar-refractivity contribution in [2.24, 2.45) is 5.73 Å². The van der Waals surface area contributed by atoms with E-state index in [1.165, 1.54) is 10.9 Å². The second kappa shape index (κ2) is 6.79. The van der Waals surface area contributed by atoms with Gasteiger partial charge in [-0.3, -0.25) is 14.9 Å². The van der Waals surface area contributed by atoms with E-state index in [1.807, 2.05) is 0 Å². The van der Waals surface area contributed by atoms with E-state index in [1.54, 1.807) is 0 Å². The number of amides is 4. The first-order chi connectivity index (χ1) is 10.1. The molecular weight excluding hydrogens is 278 g/mol. The highest BCUT2D eigenvalue weighted by Gasteiger charge is 2.23. The van der Waals surface area contributed by atoms with Crippen LogP contribution in [0.3, 0.4) is 0 Å². The van der Waals surface area contributed by atoms with Crippen molar-refractivity contribution in [1.29, 1.82) is 0 Å². The van der Waals surface area contributed by atoms with Gasteiger partial charge in [0.1, 0.15) is 12.2 Å². The van der Waals surface area contributed by atoms with Gasteiger partial charge < -0.3 is 16.4 Å². The summed E-state index contributed by atoms with van der Waals surface area (Å²) < 4.78 is 1.28. The summed E-state index contributed by atoms with van der Waals surface area (Å²) in [5.74, 6) is -0.797. The highest BCUT2D eigenvalue weighted by molar-refractivity contribution is 5.94. The van der Waals surface area contributed by atoms with Crippen molar-refractivity contribution in [2.75, 3.05) is 6.54 Å². The normalized spacial score (nSPS) is 13.6. The van der Waals surface area contributed by atoms with E-state index in [0.717, 1.165) is 12.8 Å². The molecule has 0 aromatic carbocycles. The topological polar surface area (TPSA) is 144 Å². The molecular formula is C11H17N7O3. The first-order valence-electron chi connectivity index (χ1n) is 6.53. The van der Waals surface area contributed by atoms with Gasteiger partial charge >= 0.3 is 6.03 Å². The zero-order valence-corrected chi connectivity index (χ0v) is 11.3. The number of hydrogen-bond acceptors (Lipinski definition) is 6. The molecule has 2 rings (SSSR count). The molecule has 1 aliphatic rings. The van der Waals surface area contributed by atoms with Gasteiger partial charge in [-0.25, -0.2) is 9.48 Å². The van der Waals surface area contributed by atoms with Gasteiger partial charge in [0, 0.05) is 6.04 Å². The highest BCUT2D eigenvalue weighted by atomic mass is 16.2. The van der Waals surface area contributed by atoms with Crippen LogP contribution < -0.4 is 21.7 Å². The lowest BCUT2D eigenvalue weighted by molar-refractivity contribution is -0.121. The molecule has 1 aromatic rings. The predicted octanol–water partition coefficient (Wildman–Crippen LogP) is -2.16. The quantitative estimate of drug-likeness (QED) is 0.470. The van der Waals surface area contributed by atoms with Gasteiger partial charge in [-0.1, -0.05) is 5.21 Å². The number of carbonyl (C=O) groups excluding carboxylic acids is 3. The van der Waals surface area contributed by atoms with Crippen LogP contribution in [0.4, 0.5) is 4.79 Å². The van der Waals surface area contributed by atoms with Crippen LogP contribution in [-0.4, -0.2) is 45.4 Å². The van der Waals surface area contributed by atoms with Gasteiger partial charge in [-0.05, 0) is 12.8 Å². The minimum Gasteiger partial charge on any atom is -0.349 e. The molecule has 21 heavy (non-hydrogen) atoms. The smallest absolute Gasteiger partial charge is 0.321 e. The zero-order valence-electron chi connectivity index (χ0n) is 11.3. The fraction of sp³-hybridized carbons (Fsp3) is 0.545. The Balaban J connectivity index is 1.74. The molecule has 0 atom stereocenters. The minimum absolute atomic E-state index is 0.105. The van der Waals surface area contributed by atoms with Gasteiger partial charge in [-0.15, -0.1) is 5.10 Å². The maximum absolute atomic E-state index is 11.6. The molecule has 0 spiro atoms. The molecule has 0 unspecified atom stereocenters. The molecule has 10 heteroatoms. The SMILES string of the molecule is NCC(=O)NCc1cn(CC(=O)NC(=O)NC2CC2)nn1.